The maximum absolute atomic E-state index is 12.2. The summed E-state index contributed by atoms with van der Waals surface area (Å²) in [6.45, 7) is 4.46. The van der Waals surface area contributed by atoms with E-state index in [9.17, 15) is 4.79 Å². The van der Waals surface area contributed by atoms with Crippen molar-refractivity contribution >= 4 is 11.0 Å². The van der Waals surface area contributed by atoms with Gasteiger partial charge in [0, 0.05) is 19.1 Å². The van der Waals surface area contributed by atoms with E-state index < -0.39 is 0 Å². The average molecular weight is 286 g/mol. The SMILES string of the molecule is CC1CCN(Cc2nc3ccccc3[nH]c2=O)C(CN)C1. The number of rotatable bonds is 3. The minimum Gasteiger partial charge on any atom is -0.329 e. The van der Waals surface area contributed by atoms with Gasteiger partial charge in [0.1, 0.15) is 5.69 Å². The Hall–Kier alpha value is -1.72. The Morgan fingerprint density at radius 2 is 2.24 bits per heavy atom. The molecule has 1 aliphatic rings. The van der Waals surface area contributed by atoms with Gasteiger partial charge in [0.05, 0.1) is 11.0 Å². The molecule has 0 aliphatic carbocycles. The molecule has 3 rings (SSSR count). The fraction of sp³-hybridized carbons (Fsp3) is 0.500. The molecule has 5 nitrogen and oxygen atoms in total. The van der Waals surface area contributed by atoms with Crippen LogP contribution in [0.2, 0.25) is 0 Å². The molecular formula is C16H22N4O. The number of aromatic nitrogens is 2. The number of para-hydroxylation sites is 2. The summed E-state index contributed by atoms with van der Waals surface area (Å²) in [7, 11) is 0. The number of hydrogen-bond acceptors (Lipinski definition) is 4. The molecule has 1 aromatic heterocycles. The van der Waals surface area contributed by atoms with Crippen LogP contribution in [0, 0.1) is 5.92 Å². The zero-order valence-electron chi connectivity index (χ0n) is 12.4. The molecule has 112 valence electrons. The Balaban J connectivity index is 1.87. The molecular weight excluding hydrogens is 264 g/mol. The number of aromatic amines is 1. The lowest BCUT2D eigenvalue weighted by molar-refractivity contribution is 0.113. The Kier molecular flexibility index (Phi) is 4.03. The van der Waals surface area contributed by atoms with E-state index in [0.29, 0.717) is 30.7 Å². The van der Waals surface area contributed by atoms with Crippen molar-refractivity contribution < 1.29 is 0 Å². The molecule has 5 heteroatoms. The second-order valence-electron chi connectivity index (χ2n) is 6.02. The molecule has 0 amide bonds. The van der Waals surface area contributed by atoms with Gasteiger partial charge in [-0.25, -0.2) is 4.98 Å². The standard InChI is InChI=1S/C16H22N4O/c1-11-6-7-20(12(8-11)9-17)10-15-16(21)19-14-5-3-2-4-13(14)18-15/h2-5,11-12H,6-10,17H2,1H3,(H,19,21). The van der Waals surface area contributed by atoms with Crippen molar-refractivity contribution in [2.45, 2.75) is 32.4 Å². The summed E-state index contributed by atoms with van der Waals surface area (Å²) in [5.41, 5.74) is 8.00. The monoisotopic (exact) mass is 286 g/mol. The zero-order valence-corrected chi connectivity index (χ0v) is 12.4. The first kappa shape index (κ1) is 14.2. The van der Waals surface area contributed by atoms with Crippen LogP contribution in [-0.4, -0.2) is 34.0 Å². The van der Waals surface area contributed by atoms with Crippen molar-refractivity contribution in [3.05, 3.63) is 40.3 Å². The Labute approximate surface area is 124 Å². The Morgan fingerprint density at radius 3 is 3.05 bits per heavy atom. The van der Waals surface area contributed by atoms with Gasteiger partial charge in [-0.2, -0.15) is 0 Å². The van der Waals surface area contributed by atoms with Gasteiger partial charge in [0.15, 0.2) is 0 Å². The lowest BCUT2D eigenvalue weighted by Crippen LogP contribution is -2.46. The first-order chi connectivity index (χ1) is 10.2. The van der Waals surface area contributed by atoms with E-state index in [1.807, 2.05) is 24.3 Å². The van der Waals surface area contributed by atoms with Crippen molar-refractivity contribution in [1.82, 2.24) is 14.9 Å². The van der Waals surface area contributed by atoms with Crippen LogP contribution in [-0.2, 0) is 6.54 Å². The Morgan fingerprint density at radius 1 is 1.43 bits per heavy atom. The number of piperidine rings is 1. The fourth-order valence-electron chi connectivity index (χ4n) is 3.12. The third-order valence-corrected chi connectivity index (χ3v) is 4.39. The molecule has 2 unspecified atom stereocenters. The van der Waals surface area contributed by atoms with Crippen molar-refractivity contribution in [3.8, 4) is 0 Å². The molecule has 1 aliphatic heterocycles. The van der Waals surface area contributed by atoms with Gasteiger partial charge in [-0.1, -0.05) is 19.1 Å². The first-order valence-corrected chi connectivity index (χ1v) is 7.59. The number of nitrogens with one attached hydrogen (secondary N) is 1. The van der Waals surface area contributed by atoms with Gasteiger partial charge in [0.2, 0.25) is 0 Å². The van der Waals surface area contributed by atoms with E-state index >= 15 is 0 Å². The molecule has 1 fully saturated rings. The number of fused-ring (bicyclic) bond motifs is 1. The Bertz CT molecular complexity index is 681. The van der Waals surface area contributed by atoms with Crippen LogP contribution in [0.15, 0.2) is 29.1 Å². The minimum absolute atomic E-state index is 0.0944. The smallest absolute Gasteiger partial charge is 0.271 e. The van der Waals surface area contributed by atoms with Crippen molar-refractivity contribution in [2.75, 3.05) is 13.1 Å². The van der Waals surface area contributed by atoms with Crippen LogP contribution in [0.1, 0.15) is 25.5 Å². The summed E-state index contributed by atoms with van der Waals surface area (Å²) in [4.78, 5) is 21.9. The molecule has 1 saturated heterocycles. The molecule has 0 radical (unpaired) electrons. The minimum atomic E-state index is -0.0944. The highest BCUT2D eigenvalue weighted by atomic mass is 16.1. The molecule has 2 aromatic rings. The van der Waals surface area contributed by atoms with E-state index in [4.69, 9.17) is 5.73 Å². The van der Waals surface area contributed by atoms with Crippen molar-refractivity contribution in [2.24, 2.45) is 11.7 Å². The van der Waals surface area contributed by atoms with E-state index in [1.165, 1.54) is 0 Å². The number of nitrogens with two attached hydrogens (primary N) is 1. The summed E-state index contributed by atoms with van der Waals surface area (Å²) in [6.07, 6.45) is 2.25. The van der Waals surface area contributed by atoms with E-state index in [0.717, 1.165) is 30.4 Å². The number of hydrogen-bond donors (Lipinski definition) is 2. The maximum atomic E-state index is 12.2. The van der Waals surface area contributed by atoms with Crippen LogP contribution in [0.4, 0.5) is 0 Å². The van der Waals surface area contributed by atoms with Gasteiger partial charge in [-0.15, -0.1) is 0 Å². The van der Waals surface area contributed by atoms with Crippen LogP contribution in [0.3, 0.4) is 0 Å². The highest BCUT2D eigenvalue weighted by Gasteiger charge is 2.26. The fourth-order valence-corrected chi connectivity index (χ4v) is 3.12. The molecule has 3 N–H and O–H groups in total. The zero-order chi connectivity index (χ0) is 14.8. The van der Waals surface area contributed by atoms with E-state index in [1.54, 1.807) is 0 Å². The lowest BCUT2D eigenvalue weighted by atomic mass is 9.92. The molecule has 21 heavy (non-hydrogen) atoms. The quantitative estimate of drug-likeness (QED) is 0.896. The molecule has 2 atom stereocenters. The van der Waals surface area contributed by atoms with Crippen LogP contribution in [0.25, 0.3) is 11.0 Å². The summed E-state index contributed by atoms with van der Waals surface area (Å²) in [5.74, 6) is 0.706. The van der Waals surface area contributed by atoms with Crippen LogP contribution >= 0.6 is 0 Å². The molecule has 2 heterocycles. The topological polar surface area (TPSA) is 75.0 Å². The van der Waals surface area contributed by atoms with Crippen molar-refractivity contribution in [3.63, 3.8) is 0 Å². The maximum Gasteiger partial charge on any atom is 0.271 e. The first-order valence-electron chi connectivity index (χ1n) is 7.59. The number of benzene rings is 1. The molecule has 1 aromatic carbocycles. The second-order valence-corrected chi connectivity index (χ2v) is 6.02. The highest BCUT2D eigenvalue weighted by molar-refractivity contribution is 5.73. The summed E-state index contributed by atoms with van der Waals surface area (Å²) < 4.78 is 0. The van der Waals surface area contributed by atoms with Gasteiger partial charge in [0.25, 0.3) is 5.56 Å². The molecule has 0 spiro atoms. The van der Waals surface area contributed by atoms with Gasteiger partial charge >= 0.3 is 0 Å². The van der Waals surface area contributed by atoms with Gasteiger partial charge < -0.3 is 10.7 Å². The summed E-state index contributed by atoms with van der Waals surface area (Å²) >= 11 is 0. The average Bonchev–Trinajstić information content (AvgIpc) is 2.49. The van der Waals surface area contributed by atoms with Crippen molar-refractivity contribution in [1.29, 1.82) is 0 Å². The molecule has 0 saturated carbocycles. The normalized spacial score (nSPS) is 23.5. The number of likely N-dealkylation sites (tertiary alicyclic amines) is 1. The summed E-state index contributed by atoms with van der Waals surface area (Å²) in [6, 6.07) is 7.98. The summed E-state index contributed by atoms with van der Waals surface area (Å²) in [5, 5.41) is 0. The third-order valence-electron chi connectivity index (χ3n) is 4.39. The number of nitrogens with zero attached hydrogens (tertiary/aromatic N) is 2. The lowest BCUT2D eigenvalue weighted by Gasteiger charge is -2.37. The third kappa shape index (κ3) is 2.99. The predicted molar refractivity (Wildman–Crippen MR) is 84.0 cm³/mol. The van der Waals surface area contributed by atoms with E-state index in [2.05, 4.69) is 21.8 Å². The highest BCUT2D eigenvalue weighted by Crippen LogP contribution is 2.22. The van der Waals surface area contributed by atoms with Crippen LogP contribution in [0.5, 0.6) is 0 Å². The van der Waals surface area contributed by atoms with Crippen LogP contribution < -0.4 is 11.3 Å². The predicted octanol–water partition coefficient (Wildman–Crippen LogP) is 1.48. The second kappa shape index (κ2) is 5.95. The van der Waals surface area contributed by atoms with Gasteiger partial charge in [-0.3, -0.25) is 9.69 Å². The largest absolute Gasteiger partial charge is 0.329 e. The van der Waals surface area contributed by atoms with Gasteiger partial charge in [-0.05, 0) is 37.4 Å². The van der Waals surface area contributed by atoms with E-state index in [-0.39, 0.29) is 5.56 Å². The molecule has 0 bridgehead atoms. The number of H-pyrrole nitrogens is 1.